The molecule has 1 atom stereocenters. The van der Waals surface area contributed by atoms with Gasteiger partial charge in [0, 0.05) is 29.8 Å². The molecule has 4 heteroatoms. The van der Waals surface area contributed by atoms with Crippen molar-refractivity contribution in [3.05, 3.63) is 65.2 Å². The van der Waals surface area contributed by atoms with Crippen LogP contribution in [0.3, 0.4) is 0 Å². The normalized spacial score (nSPS) is 13.1. The molecule has 124 valence electrons. The zero-order valence-electron chi connectivity index (χ0n) is 13.9. The summed E-state index contributed by atoms with van der Waals surface area (Å²) in [6, 6.07) is 10.8. The molecule has 23 heavy (non-hydrogen) atoms. The minimum atomic E-state index is -0.470. The minimum absolute atomic E-state index is 0.0172. The van der Waals surface area contributed by atoms with E-state index in [1.807, 2.05) is 38.1 Å². The first-order valence-corrected chi connectivity index (χ1v) is 8.12. The van der Waals surface area contributed by atoms with Gasteiger partial charge in [0.2, 0.25) is 0 Å². The highest BCUT2D eigenvalue weighted by Gasteiger charge is 2.29. The van der Waals surface area contributed by atoms with Crippen LogP contribution in [0.15, 0.2) is 42.6 Å². The molecule has 3 nitrogen and oxygen atoms in total. The van der Waals surface area contributed by atoms with Gasteiger partial charge in [0.1, 0.15) is 5.82 Å². The number of rotatable bonds is 7. The van der Waals surface area contributed by atoms with Crippen molar-refractivity contribution in [2.75, 3.05) is 6.54 Å². The summed E-state index contributed by atoms with van der Waals surface area (Å²) in [7, 11) is 0. The van der Waals surface area contributed by atoms with E-state index in [0.29, 0.717) is 18.5 Å². The number of nitrogens with zero attached hydrogens (tertiary/aromatic N) is 1. The SMILES string of the molecule is CC(C)(c1ccccc1F)c1cccnc1CC(N)CCCN. The van der Waals surface area contributed by atoms with Crippen LogP contribution in [-0.4, -0.2) is 17.6 Å². The molecule has 0 saturated heterocycles. The number of aromatic nitrogens is 1. The molecule has 0 amide bonds. The topological polar surface area (TPSA) is 64.9 Å². The van der Waals surface area contributed by atoms with Gasteiger partial charge in [0.15, 0.2) is 0 Å². The monoisotopic (exact) mass is 315 g/mol. The summed E-state index contributed by atoms with van der Waals surface area (Å²) in [5, 5.41) is 0. The number of hydrogen-bond donors (Lipinski definition) is 2. The van der Waals surface area contributed by atoms with E-state index < -0.39 is 5.41 Å². The third-order valence-electron chi connectivity index (χ3n) is 4.35. The second kappa shape index (κ2) is 7.66. The molecule has 0 saturated carbocycles. The van der Waals surface area contributed by atoms with E-state index in [1.165, 1.54) is 6.07 Å². The molecule has 4 N–H and O–H groups in total. The van der Waals surface area contributed by atoms with Gasteiger partial charge in [-0.2, -0.15) is 0 Å². The first-order chi connectivity index (χ1) is 11.0. The van der Waals surface area contributed by atoms with Crippen molar-refractivity contribution in [3.8, 4) is 0 Å². The molecule has 1 aromatic carbocycles. The molecule has 0 spiro atoms. The lowest BCUT2D eigenvalue weighted by molar-refractivity contribution is 0.532. The second-order valence-corrected chi connectivity index (χ2v) is 6.50. The molecule has 1 unspecified atom stereocenters. The lowest BCUT2D eigenvalue weighted by Gasteiger charge is -2.29. The predicted molar refractivity (Wildman–Crippen MR) is 92.7 cm³/mol. The van der Waals surface area contributed by atoms with Crippen LogP contribution in [0, 0.1) is 5.82 Å². The van der Waals surface area contributed by atoms with E-state index in [0.717, 1.165) is 24.1 Å². The molecule has 0 aliphatic rings. The summed E-state index contributed by atoms with van der Waals surface area (Å²) in [6.07, 6.45) is 4.21. The van der Waals surface area contributed by atoms with Crippen LogP contribution < -0.4 is 11.5 Å². The molecule has 0 bridgehead atoms. The molecule has 0 fully saturated rings. The summed E-state index contributed by atoms with van der Waals surface area (Å²) in [5.74, 6) is -0.195. The summed E-state index contributed by atoms with van der Waals surface area (Å²) in [6.45, 7) is 4.69. The molecular formula is C19H26FN3. The molecule has 0 radical (unpaired) electrons. The molecule has 0 aliphatic heterocycles. The Morgan fingerprint density at radius 2 is 1.83 bits per heavy atom. The number of pyridine rings is 1. The minimum Gasteiger partial charge on any atom is -0.330 e. The van der Waals surface area contributed by atoms with Crippen molar-refractivity contribution >= 4 is 0 Å². The van der Waals surface area contributed by atoms with Crippen LogP contribution in [0.2, 0.25) is 0 Å². The van der Waals surface area contributed by atoms with Crippen LogP contribution in [0.1, 0.15) is 43.5 Å². The Hall–Kier alpha value is -1.78. The summed E-state index contributed by atoms with van der Waals surface area (Å²) in [4.78, 5) is 4.51. The third kappa shape index (κ3) is 4.15. The van der Waals surface area contributed by atoms with E-state index in [2.05, 4.69) is 4.98 Å². The summed E-state index contributed by atoms with van der Waals surface area (Å²) < 4.78 is 14.3. The van der Waals surface area contributed by atoms with Crippen LogP contribution in [-0.2, 0) is 11.8 Å². The van der Waals surface area contributed by atoms with Crippen molar-refractivity contribution in [1.82, 2.24) is 4.98 Å². The van der Waals surface area contributed by atoms with Crippen LogP contribution >= 0.6 is 0 Å². The van der Waals surface area contributed by atoms with Crippen molar-refractivity contribution in [2.24, 2.45) is 11.5 Å². The smallest absolute Gasteiger partial charge is 0.127 e. The zero-order valence-corrected chi connectivity index (χ0v) is 13.9. The Labute approximate surface area is 137 Å². The molecule has 1 aromatic heterocycles. The lowest BCUT2D eigenvalue weighted by atomic mass is 9.76. The van der Waals surface area contributed by atoms with Crippen molar-refractivity contribution in [3.63, 3.8) is 0 Å². The summed E-state index contributed by atoms with van der Waals surface area (Å²) in [5.41, 5.74) is 13.9. The Bertz CT molecular complexity index is 640. The Kier molecular flexibility index (Phi) is 5.85. The highest BCUT2D eigenvalue weighted by atomic mass is 19.1. The fraction of sp³-hybridized carbons (Fsp3) is 0.421. The maximum Gasteiger partial charge on any atom is 0.127 e. The predicted octanol–water partition coefficient (Wildman–Crippen LogP) is 3.16. The van der Waals surface area contributed by atoms with Gasteiger partial charge < -0.3 is 11.5 Å². The first kappa shape index (κ1) is 17.6. The fourth-order valence-electron chi connectivity index (χ4n) is 3.01. The maximum absolute atomic E-state index is 14.3. The van der Waals surface area contributed by atoms with Gasteiger partial charge in [0.05, 0.1) is 0 Å². The molecule has 2 aromatic rings. The second-order valence-electron chi connectivity index (χ2n) is 6.50. The van der Waals surface area contributed by atoms with Gasteiger partial charge >= 0.3 is 0 Å². The average Bonchev–Trinajstić information content (AvgIpc) is 2.53. The van der Waals surface area contributed by atoms with Gasteiger partial charge in [-0.3, -0.25) is 4.98 Å². The zero-order chi connectivity index (χ0) is 16.9. The van der Waals surface area contributed by atoms with E-state index in [4.69, 9.17) is 11.5 Å². The van der Waals surface area contributed by atoms with Gasteiger partial charge in [-0.25, -0.2) is 4.39 Å². The molecule has 1 heterocycles. The van der Waals surface area contributed by atoms with Crippen LogP contribution in [0.25, 0.3) is 0 Å². The van der Waals surface area contributed by atoms with E-state index in [9.17, 15) is 4.39 Å². The van der Waals surface area contributed by atoms with Gasteiger partial charge in [0.25, 0.3) is 0 Å². The average molecular weight is 315 g/mol. The quantitative estimate of drug-likeness (QED) is 0.825. The standard InChI is InChI=1S/C19H26FN3/c1-19(2,15-8-3-4-10-17(15)20)16-9-6-12-23-18(16)13-14(22)7-5-11-21/h3-4,6,8-10,12,14H,5,7,11,13,21-22H2,1-2H3. The van der Waals surface area contributed by atoms with Gasteiger partial charge in [-0.05, 0) is 42.6 Å². The molecular weight excluding hydrogens is 289 g/mol. The van der Waals surface area contributed by atoms with Crippen molar-refractivity contribution < 1.29 is 4.39 Å². The third-order valence-corrected chi connectivity index (χ3v) is 4.35. The first-order valence-electron chi connectivity index (χ1n) is 8.12. The van der Waals surface area contributed by atoms with Gasteiger partial charge in [-0.15, -0.1) is 0 Å². The fourth-order valence-corrected chi connectivity index (χ4v) is 3.01. The highest BCUT2D eigenvalue weighted by Crippen LogP contribution is 2.34. The van der Waals surface area contributed by atoms with Crippen LogP contribution in [0.5, 0.6) is 0 Å². The Morgan fingerprint density at radius 3 is 2.52 bits per heavy atom. The molecule has 2 rings (SSSR count). The number of halogens is 1. The van der Waals surface area contributed by atoms with Crippen molar-refractivity contribution in [1.29, 1.82) is 0 Å². The van der Waals surface area contributed by atoms with Gasteiger partial charge in [-0.1, -0.05) is 38.1 Å². The lowest BCUT2D eigenvalue weighted by Crippen LogP contribution is -2.28. The summed E-state index contributed by atoms with van der Waals surface area (Å²) >= 11 is 0. The number of benzene rings is 1. The van der Waals surface area contributed by atoms with E-state index in [1.54, 1.807) is 12.3 Å². The number of nitrogens with two attached hydrogens (primary N) is 2. The highest BCUT2D eigenvalue weighted by molar-refractivity contribution is 5.40. The Balaban J connectivity index is 2.34. The Morgan fingerprint density at radius 1 is 1.13 bits per heavy atom. The van der Waals surface area contributed by atoms with E-state index in [-0.39, 0.29) is 11.9 Å². The number of hydrogen-bond acceptors (Lipinski definition) is 3. The maximum atomic E-state index is 14.3. The van der Waals surface area contributed by atoms with E-state index >= 15 is 0 Å². The largest absolute Gasteiger partial charge is 0.330 e. The molecule has 0 aliphatic carbocycles. The van der Waals surface area contributed by atoms with Crippen LogP contribution in [0.4, 0.5) is 4.39 Å². The van der Waals surface area contributed by atoms with Crippen molar-refractivity contribution in [2.45, 2.75) is 44.6 Å².